The molecule has 0 saturated carbocycles. The number of aliphatic carboxylic acids is 1. The SMILES string of the molecule is Cc1cc(COc2ccc(C=CC(=O)O)cc2Br)on1. The molecule has 6 heteroatoms. The lowest BCUT2D eigenvalue weighted by Crippen LogP contribution is -1.94. The summed E-state index contributed by atoms with van der Waals surface area (Å²) in [6.45, 7) is 2.12. The largest absolute Gasteiger partial charge is 0.484 e. The first-order valence-electron chi connectivity index (χ1n) is 5.80. The molecular weight excluding hydrogens is 326 g/mol. The van der Waals surface area contributed by atoms with Crippen LogP contribution in [0.15, 0.2) is 39.3 Å². The zero-order valence-electron chi connectivity index (χ0n) is 10.7. The Morgan fingerprint density at radius 2 is 2.30 bits per heavy atom. The van der Waals surface area contributed by atoms with E-state index in [9.17, 15) is 4.79 Å². The van der Waals surface area contributed by atoms with Crippen molar-refractivity contribution in [2.24, 2.45) is 0 Å². The van der Waals surface area contributed by atoms with E-state index in [1.165, 1.54) is 6.08 Å². The molecule has 0 aliphatic rings. The highest BCUT2D eigenvalue weighted by atomic mass is 79.9. The Balaban J connectivity index is 2.04. The van der Waals surface area contributed by atoms with Crippen molar-refractivity contribution < 1.29 is 19.2 Å². The van der Waals surface area contributed by atoms with Gasteiger partial charge in [0.15, 0.2) is 5.76 Å². The van der Waals surface area contributed by atoms with Gasteiger partial charge < -0.3 is 14.4 Å². The van der Waals surface area contributed by atoms with Crippen LogP contribution in [0.3, 0.4) is 0 Å². The maximum Gasteiger partial charge on any atom is 0.328 e. The van der Waals surface area contributed by atoms with Crippen LogP contribution >= 0.6 is 15.9 Å². The van der Waals surface area contributed by atoms with Crippen LogP contribution in [0.4, 0.5) is 0 Å². The number of hydrogen-bond acceptors (Lipinski definition) is 4. The number of carbonyl (C=O) groups is 1. The van der Waals surface area contributed by atoms with Crippen LogP contribution in [0.25, 0.3) is 6.08 Å². The Labute approximate surface area is 124 Å². The summed E-state index contributed by atoms with van der Waals surface area (Å²) in [5.41, 5.74) is 1.57. The van der Waals surface area contributed by atoms with Crippen molar-refractivity contribution in [2.75, 3.05) is 0 Å². The molecular formula is C14H12BrNO4. The molecule has 0 bridgehead atoms. The Hall–Kier alpha value is -2.08. The summed E-state index contributed by atoms with van der Waals surface area (Å²) in [5, 5.41) is 12.3. The van der Waals surface area contributed by atoms with Gasteiger partial charge in [-0.15, -0.1) is 0 Å². The topological polar surface area (TPSA) is 72.6 Å². The zero-order valence-corrected chi connectivity index (χ0v) is 12.3. The van der Waals surface area contributed by atoms with Crippen LogP contribution in [0, 0.1) is 6.92 Å². The second kappa shape index (κ2) is 6.38. The molecule has 0 saturated heterocycles. The minimum absolute atomic E-state index is 0.281. The lowest BCUT2D eigenvalue weighted by molar-refractivity contribution is -0.131. The smallest absolute Gasteiger partial charge is 0.328 e. The molecule has 0 aliphatic carbocycles. The highest BCUT2D eigenvalue weighted by Gasteiger charge is 2.05. The zero-order chi connectivity index (χ0) is 14.5. The van der Waals surface area contributed by atoms with Crippen LogP contribution in [-0.2, 0) is 11.4 Å². The maximum atomic E-state index is 10.4. The molecule has 2 aromatic rings. The van der Waals surface area contributed by atoms with E-state index in [1.807, 2.05) is 6.92 Å². The van der Waals surface area contributed by atoms with Gasteiger partial charge in [0, 0.05) is 12.1 Å². The fourth-order valence-electron chi connectivity index (χ4n) is 1.54. The third-order valence-corrected chi connectivity index (χ3v) is 3.04. The van der Waals surface area contributed by atoms with Gasteiger partial charge in [-0.1, -0.05) is 11.2 Å². The number of aryl methyl sites for hydroxylation is 1. The van der Waals surface area contributed by atoms with Gasteiger partial charge in [0.05, 0.1) is 10.2 Å². The van der Waals surface area contributed by atoms with Gasteiger partial charge in [0.25, 0.3) is 0 Å². The van der Waals surface area contributed by atoms with Gasteiger partial charge in [-0.05, 0) is 46.6 Å². The highest BCUT2D eigenvalue weighted by molar-refractivity contribution is 9.10. The quantitative estimate of drug-likeness (QED) is 0.846. The number of carboxylic acids is 1. The van der Waals surface area contributed by atoms with Crippen molar-refractivity contribution in [2.45, 2.75) is 13.5 Å². The van der Waals surface area contributed by atoms with Gasteiger partial charge in [0.2, 0.25) is 0 Å². The molecule has 0 amide bonds. The van der Waals surface area contributed by atoms with E-state index in [0.717, 1.165) is 21.8 Å². The molecule has 104 valence electrons. The second-order valence-corrected chi connectivity index (χ2v) is 4.94. The van der Waals surface area contributed by atoms with Crippen molar-refractivity contribution >= 4 is 28.0 Å². The standard InChI is InChI=1S/C14H12BrNO4/c1-9-6-11(20-16-9)8-19-13-4-2-10(7-12(13)15)3-5-14(17)18/h2-7H,8H2,1H3,(H,17,18). The van der Waals surface area contributed by atoms with E-state index in [1.54, 1.807) is 24.3 Å². The molecule has 0 aliphatic heterocycles. The first-order chi connectivity index (χ1) is 9.54. The van der Waals surface area contributed by atoms with E-state index in [2.05, 4.69) is 21.1 Å². The summed E-state index contributed by atoms with van der Waals surface area (Å²) in [6.07, 6.45) is 2.59. The second-order valence-electron chi connectivity index (χ2n) is 4.08. The number of halogens is 1. The van der Waals surface area contributed by atoms with E-state index >= 15 is 0 Å². The summed E-state index contributed by atoms with van der Waals surface area (Å²) < 4.78 is 11.4. The summed E-state index contributed by atoms with van der Waals surface area (Å²) >= 11 is 3.38. The fourth-order valence-corrected chi connectivity index (χ4v) is 2.05. The van der Waals surface area contributed by atoms with E-state index in [0.29, 0.717) is 11.5 Å². The minimum Gasteiger partial charge on any atom is -0.484 e. The number of hydrogen-bond donors (Lipinski definition) is 1. The summed E-state index contributed by atoms with van der Waals surface area (Å²) in [4.78, 5) is 10.4. The number of nitrogens with zero attached hydrogens (tertiary/aromatic N) is 1. The highest BCUT2D eigenvalue weighted by Crippen LogP contribution is 2.27. The average molecular weight is 338 g/mol. The molecule has 2 rings (SSSR count). The van der Waals surface area contributed by atoms with Gasteiger partial charge in [-0.25, -0.2) is 4.79 Å². The number of aromatic nitrogens is 1. The molecule has 0 atom stereocenters. The summed E-state index contributed by atoms with van der Waals surface area (Å²) in [7, 11) is 0. The first kappa shape index (κ1) is 14.3. The maximum absolute atomic E-state index is 10.4. The Morgan fingerprint density at radius 3 is 2.90 bits per heavy atom. The van der Waals surface area contributed by atoms with E-state index in [-0.39, 0.29) is 6.61 Å². The lowest BCUT2D eigenvalue weighted by atomic mass is 10.2. The predicted molar refractivity (Wildman–Crippen MR) is 76.4 cm³/mol. The molecule has 5 nitrogen and oxygen atoms in total. The molecule has 1 heterocycles. The molecule has 0 radical (unpaired) electrons. The van der Waals surface area contributed by atoms with Crippen LogP contribution in [0.5, 0.6) is 5.75 Å². The van der Waals surface area contributed by atoms with Crippen molar-refractivity contribution in [3.05, 3.63) is 51.8 Å². The van der Waals surface area contributed by atoms with Crippen molar-refractivity contribution in [3.63, 3.8) is 0 Å². The lowest BCUT2D eigenvalue weighted by Gasteiger charge is -2.06. The average Bonchev–Trinajstić information content (AvgIpc) is 2.81. The van der Waals surface area contributed by atoms with Crippen LogP contribution in [0.1, 0.15) is 17.0 Å². The Kier molecular flexibility index (Phi) is 4.57. The van der Waals surface area contributed by atoms with Crippen LogP contribution in [-0.4, -0.2) is 16.2 Å². The molecule has 0 fully saturated rings. The predicted octanol–water partition coefficient (Wildman–Crippen LogP) is 3.42. The third kappa shape index (κ3) is 3.96. The normalized spacial score (nSPS) is 10.9. The van der Waals surface area contributed by atoms with Crippen LogP contribution in [0.2, 0.25) is 0 Å². The van der Waals surface area contributed by atoms with Crippen molar-refractivity contribution in [1.29, 1.82) is 0 Å². The monoisotopic (exact) mass is 337 g/mol. The van der Waals surface area contributed by atoms with E-state index < -0.39 is 5.97 Å². The molecule has 1 aromatic heterocycles. The summed E-state index contributed by atoms with van der Waals surface area (Å²) in [5.74, 6) is 0.304. The Bertz CT molecular complexity index is 648. The third-order valence-electron chi connectivity index (χ3n) is 2.42. The fraction of sp³-hybridized carbons (Fsp3) is 0.143. The van der Waals surface area contributed by atoms with Crippen LogP contribution < -0.4 is 4.74 Å². The van der Waals surface area contributed by atoms with Crippen molar-refractivity contribution in [1.82, 2.24) is 5.16 Å². The van der Waals surface area contributed by atoms with Gasteiger partial charge >= 0.3 is 5.97 Å². The Morgan fingerprint density at radius 1 is 1.50 bits per heavy atom. The number of ether oxygens (including phenoxy) is 1. The molecule has 20 heavy (non-hydrogen) atoms. The molecule has 1 aromatic carbocycles. The van der Waals surface area contributed by atoms with Gasteiger partial charge in [0.1, 0.15) is 12.4 Å². The minimum atomic E-state index is -0.984. The van der Waals surface area contributed by atoms with Gasteiger partial charge in [-0.2, -0.15) is 0 Å². The van der Waals surface area contributed by atoms with Crippen molar-refractivity contribution in [3.8, 4) is 5.75 Å². The summed E-state index contributed by atoms with van der Waals surface area (Å²) in [6, 6.07) is 7.11. The first-order valence-corrected chi connectivity index (χ1v) is 6.59. The number of carboxylic acid groups (broad SMARTS) is 1. The number of benzene rings is 1. The molecule has 1 N–H and O–H groups in total. The van der Waals surface area contributed by atoms with E-state index in [4.69, 9.17) is 14.4 Å². The number of rotatable bonds is 5. The van der Waals surface area contributed by atoms with Gasteiger partial charge in [-0.3, -0.25) is 0 Å². The molecule has 0 spiro atoms. The molecule has 0 unspecified atom stereocenters.